The van der Waals surface area contributed by atoms with Crippen LogP contribution < -0.4 is 0 Å². The fraction of sp³-hybridized carbons (Fsp3) is 0.600. The van der Waals surface area contributed by atoms with Gasteiger partial charge in [-0.25, -0.2) is 0 Å². The van der Waals surface area contributed by atoms with Crippen molar-refractivity contribution in [1.82, 2.24) is 9.78 Å². The highest BCUT2D eigenvalue weighted by molar-refractivity contribution is 14.1. The van der Waals surface area contributed by atoms with E-state index in [1.165, 1.54) is 0 Å². The zero-order valence-corrected chi connectivity index (χ0v) is 10.7. The number of aryl methyl sites for hydroxylation is 1. The molecule has 0 aromatic carbocycles. The molecule has 0 radical (unpaired) electrons. The van der Waals surface area contributed by atoms with E-state index in [-0.39, 0.29) is 5.78 Å². The number of carbonyl (C=O) groups excluding carboxylic acids is 1. The van der Waals surface area contributed by atoms with Crippen molar-refractivity contribution >= 4 is 28.4 Å². The van der Waals surface area contributed by atoms with E-state index in [2.05, 4.69) is 27.7 Å². The van der Waals surface area contributed by atoms with Gasteiger partial charge in [0.2, 0.25) is 0 Å². The van der Waals surface area contributed by atoms with Crippen LogP contribution in [0, 0.1) is 9.62 Å². The summed E-state index contributed by atoms with van der Waals surface area (Å²) < 4.78 is 7.89. The molecule has 0 saturated carbocycles. The van der Waals surface area contributed by atoms with E-state index < -0.39 is 0 Å². The van der Waals surface area contributed by atoms with Crippen molar-refractivity contribution in [3.05, 3.63) is 15.5 Å². The summed E-state index contributed by atoms with van der Waals surface area (Å²) in [5, 5.41) is 4.07. The average molecular weight is 320 g/mol. The van der Waals surface area contributed by atoms with Gasteiger partial charge in [-0.15, -0.1) is 0 Å². The van der Waals surface area contributed by atoms with E-state index >= 15 is 0 Å². The fourth-order valence-electron chi connectivity index (χ4n) is 1.73. The van der Waals surface area contributed by atoms with Gasteiger partial charge in [-0.3, -0.25) is 9.48 Å². The Morgan fingerprint density at radius 1 is 1.80 bits per heavy atom. The lowest BCUT2D eigenvalue weighted by Gasteiger charge is -2.05. The Hall–Kier alpha value is -0.430. The smallest absolute Gasteiger partial charge is 0.167 e. The van der Waals surface area contributed by atoms with Gasteiger partial charge < -0.3 is 4.74 Å². The largest absolute Gasteiger partial charge is 0.381 e. The third-order valence-electron chi connectivity index (χ3n) is 2.66. The van der Waals surface area contributed by atoms with Gasteiger partial charge in [0, 0.05) is 26.7 Å². The van der Waals surface area contributed by atoms with E-state index in [0.29, 0.717) is 12.3 Å². The molecule has 0 spiro atoms. The van der Waals surface area contributed by atoms with Crippen LogP contribution in [0.25, 0.3) is 0 Å². The van der Waals surface area contributed by atoms with Crippen molar-refractivity contribution in [3.8, 4) is 0 Å². The van der Waals surface area contributed by atoms with Gasteiger partial charge in [-0.1, -0.05) is 0 Å². The molecular weight excluding hydrogens is 307 g/mol. The third kappa shape index (κ3) is 2.39. The molecule has 1 unspecified atom stereocenters. The zero-order valence-electron chi connectivity index (χ0n) is 8.57. The molecule has 2 heterocycles. The van der Waals surface area contributed by atoms with Crippen LogP contribution in [0.3, 0.4) is 0 Å². The zero-order chi connectivity index (χ0) is 10.8. The molecule has 1 saturated heterocycles. The molecule has 5 heteroatoms. The number of hydrogen-bond acceptors (Lipinski definition) is 3. The molecule has 1 aromatic heterocycles. The van der Waals surface area contributed by atoms with Gasteiger partial charge in [0.25, 0.3) is 0 Å². The number of aromatic nitrogens is 2. The van der Waals surface area contributed by atoms with Crippen LogP contribution >= 0.6 is 22.6 Å². The van der Waals surface area contributed by atoms with Crippen molar-refractivity contribution in [1.29, 1.82) is 0 Å². The molecule has 1 aromatic rings. The minimum Gasteiger partial charge on any atom is -0.381 e. The number of halogens is 1. The quantitative estimate of drug-likeness (QED) is 0.628. The number of carbonyl (C=O) groups is 1. The predicted molar refractivity (Wildman–Crippen MR) is 63.8 cm³/mol. The van der Waals surface area contributed by atoms with Crippen LogP contribution in [0.4, 0.5) is 0 Å². The molecular formula is C10H13IN2O2. The maximum absolute atomic E-state index is 11.9. The minimum atomic E-state index is 0.183. The first-order chi connectivity index (χ1) is 7.18. The van der Waals surface area contributed by atoms with Crippen molar-refractivity contribution in [2.24, 2.45) is 13.0 Å². The van der Waals surface area contributed by atoms with Crippen molar-refractivity contribution in [2.75, 3.05) is 13.2 Å². The summed E-state index contributed by atoms with van der Waals surface area (Å²) in [5.74, 6) is 0.580. The molecule has 1 fully saturated rings. The molecule has 82 valence electrons. The number of rotatable bonds is 3. The average Bonchev–Trinajstić information content (AvgIpc) is 2.79. The van der Waals surface area contributed by atoms with Gasteiger partial charge in [0.15, 0.2) is 5.78 Å². The number of ether oxygens (including phenoxy) is 1. The third-order valence-corrected chi connectivity index (χ3v) is 3.94. The second-order valence-electron chi connectivity index (χ2n) is 3.83. The Balaban J connectivity index is 2.04. The Bertz CT molecular complexity index is 369. The van der Waals surface area contributed by atoms with E-state index in [0.717, 1.165) is 28.9 Å². The molecule has 0 bridgehead atoms. The van der Waals surface area contributed by atoms with Crippen LogP contribution in [-0.4, -0.2) is 28.8 Å². The highest BCUT2D eigenvalue weighted by Crippen LogP contribution is 2.20. The monoisotopic (exact) mass is 320 g/mol. The predicted octanol–water partition coefficient (Wildman–Crippen LogP) is 1.63. The first-order valence-electron chi connectivity index (χ1n) is 4.97. The molecule has 1 atom stereocenters. The first kappa shape index (κ1) is 11.1. The molecule has 0 aliphatic carbocycles. The van der Waals surface area contributed by atoms with Gasteiger partial charge in [-0.2, -0.15) is 5.10 Å². The molecule has 2 rings (SSSR count). The van der Waals surface area contributed by atoms with Crippen LogP contribution in [0.5, 0.6) is 0 Å². The second kappa shape index (κ2) is 4.61. The van der Waals surface area contributed by atoms with Crippen LogP contribution in [0.1, 0.15) is 23.2 Å². The second-order valence-corrected chi connectivity index (χ2v) is 4.85. The van der Waals surface area contributed by atoms with Crippen LogP contribution in [-0.2, 0) is 11.8 Å². The summed E-state index contributed by atoms with van der Waals surface area (Å²) in [7, 11) is 1.84. The summed E-state index contributed by atoms with van der Waals surface area (Å²) in [6.45, 7) is 1.52. The molecule has 15 heavy (non-hydrogen) atoms. The summed E-state index contributed by atoms with van der Waals surface area (Å²) in [6, 6.07) is 0. The van der Waals surface area contributed by atoms with E-state index in [4.69, 9.17) is 4.74 Å². The highest BCUT2D eigenvalue weighted by Gasteiger charge is 2.22. The Kier molecular flexibility index (Phi) is 3.40. The lowest BCUT2D eigenvalue weighted by atomic mass is 9.99. The van der Waals surface area contributed by atoms with Crippen LogP contribution in [0.15, 0.2) is 6.20 Å². The highest BCUT2D eigenvalue weighted by atomic mass is 127. The van der Waals surface area contributed by atoms with Crippen molar-refractivity contribution in [3.63, 3.8) is 0 Å². The lowest BCUT2D eigenvalue weighted by molar-refractivity contribution is 0.0951. The summed E-state index contributed by atoms with van der Waals surface area (Å²) in [4.78, 5) is 11.9. The standard InChI is InChI=1S/C10H13IN2O2/c1-13-10(11)8(5-12-13)9(14)4-7-2-3-15-6-7/h5,7H,2-4,6H2,1H3. The van der Waals surface area contributed by atoms with Crippen molar-refractivity contribution in [2.45, 2.75) is 12.8 Å². The molecule has 0 amide bonds. The van der Waals surface area contributed by atoms with E-state index in [1.807, 2.05) is 7.05 Å². The Morgan fingerprint density at radius 3 is 3.13 bits per heavy atom. The van der Waals surface area contributed by atoms with E-state index in [1.54, 1.807) is 10.9 Å². The summed E-state index contributed by atoms with van der Waals surface area (Å²) in [6.07, 6.45) is 3.24. The molecule has 4 nitrogen and oxygen atoms in total. The van der Waals surface area contributed by atoms with E-state index in [9.17, 15) is 4.79 Å². The molecule has 1 aliphatic heterocycles. The minimum absolute atomic E-state index is 0.183. The van der Waals surface area contributed by atoms with Gasteiger partial charge >= 0.3 is 0 Å². The topological polar surface area (TPSA) is 44.1 Å². The maximum Gasteiger partial charge on any atom is 0.167 e. The normalized spacial score (nSPS) is 20.8. The number of ketones is 1. The SMILES string of the molecule is Cn1ncc(C(=O)CC2CCOC2)c1I. The van der Waals surface area contributed by atoms with Gasteiger partial charge in [0.05, 0.1) is 11.8 Å². The Labute approximate surface area is 102 Å². The van der Waals surface area contributed by atoms with Gasteiger partial charge in [-0.05, 0) is 34.9 Å². The summed E-state index contributed by atoms with van der Waals surface area (Å²) in [5.41, 5.74) is 0.741. The lowest BCUT2D eigenvalue weighted by Crippen LogP contribution is -2.09. The van der Waals surface area contributed by atoms with Crippen LogP contribution in [0.2, 0.25) is 0 Å². The number of hydrogen-bond donors (Lipinski definition) is 0. The number of Topliss-reactive ketones (excluding diaryl/α,β-unsaturated/α-hetero) is 1. The molecule has 0 N–H and O–H groups in total. The van der Waals surface area contributed by atoms with Gasteiger partial charge in [0.1, 0.15) is 3.70 Å². The maximum atomic E-state index is 11.9. The van der Waals surface area contributed by atoms with Crippen molar-refractivity contribution < 1.29 is 9.53 Å². The number of nitrogens with zero attached hydrogens (tertiary/aromatic N) is 2. The summed E-state index contributed by atoms with van der Waals surface area (Å²) >= 11 is 2.15. The first-order valence-corrected chi connectivity index (χ1v) is 6.05. The fourth-order valence-corrected chi connectivity index (χ4v) is 2.29. The Morgan fingerprint density at radius 2 is 2.60 bits per heavy atom. The molecule has 1 aliphatic rings.